The number of aromatic nitrogens is 3. The fourth-order valence-electron chi connectivity index (χ4n) is 3.28. The number of rotatable bonds is 2. The molecule has 6 heteroatoms. The number of hydrogen-bond donors (Lipinski definition) is 1. The van der Waals surface area contributed by atoms with Crippen LogP contribution >= 0.6 is 11.3 Å². The predicted molar refractivity (Wildman–Crippen MR) is 100 cm³/mol. The van der Waals surface area contributed by atoms with Gasteiger partial charge in [-0.15, -0.1) is 21.5 Å². The third-order valence-corrected chi connectivity index (χ3v) is 5.96. The molecule has 1 aromatic carbocycles. The van der Waals surface area contributed by atoms with Crippen molar-refractivity contribution in [1.29, 1.82) is 0 Å². The van der Waals surface area contributed by atoms with Crippen LogP contribution in [0.3, 0.4) is 0 Å². The van der Waals surface area contributed by atoms with Crippen LogP contribution in [0.1, 0.15) is 52.6 Å². The Hall–Kier alpha value is -2.47. The summed E-state index contributed by atoms with van der Waals surface area (Å²) in [7, 11) is 0. The van der Waals surface area contributed by atoms with Crippen molar-refractivity contribution < 1.29 is 5.11 Å². The Morgan fingerprint density at radius 2 is 1.84 bits per heavy atom. The lowest BCUT2D eigenvalue weighted by Crippen LogP contribution is -2.07. The zero-order valence-electron chi connectivity index (χ0n) is 14.7. The minimum atomic E-state index is -0.0377. The molecule has 2 aromatic heterocycles. The van der Waals surface area contributed by atoms with Gasteiger partial charge in [0.25, 0.3) is 0 Å². The summed E-state index contributed by atoms with van der Waals surface area (Å²) in [6, 6.07) is 7.24. The van der Waals surface area contributed by atoms with Crippen molar-refractivity contribution in [3.05, 3.63) is 57.5 Å². The van der Waals surface area contributed by atoms with Gasteiger partial charge in [-0.25, -0.2) is 0 Å². The number of fused-ring (bicyclic) bond motifs is 3. The summed E-state index contributed by atoms with van der Waals surface area (Å²) in [4.78, 5) is 6.35. The van der Waals surface area contributed by atoms with Crippen LogP contribution in [-0.2, 0) is 0 Å². The standard InChI is InChI=1S/C19H20N4OS/c1-5-15-18-22-21-12(4)23(18)19-16(10(2)11(3)25-19)17(20-15)13-6-8-14(24)9-7-13/h6-9,15,24H,5H2,1-4H3/t15-/m0/s1. The van der Waals surface area contributed by atoms with E-state index in [0.29, 0.717) is 0 Å². The molecule has 1 atom stereocenters. The highest BCUT2D eigenvalue weighted by Gasteiger charge is 2.30. The molecule has 5 nitrogen and oxygen atoms in total. The van der Waals surface area contributed by atoms with Crippen LogP contribution in [0.4, 0.5) is 0 Å². The first-order valence-electron chi connectivity index (χ1n) is 8.41. The lowest BCUT2D eigenvalue weighted by molar-refractivity contribution is 0.475. The SMILES string of the molecule is CC[C@@H]1N=C(c2ccc(O)cc2)c2c(sc(C)c2C)-n2c(C)nnc21. The molecule has 0 bridgehead atoms. The Labute approximate surface area is 150 Å². The van der Waals surface area contributed by atoms with E-state index in [1.807, 2.05) is 19.1 Å². The summed E-state index contributed by atoms with van der Waals surface area (Å²) in [5, 5.41) is 19.5. The molecule has 0 unspecified atom stereocenters. The van der Waals surface area contributed by atoms with Gasteiger partial charge in [0.05, 0.1) is 5.71 Å². The normalized spacial score (nSPS) is 16.2. The summed E-state index contributed by atoms with van der Waals surface area (Å²) in [5.41, 5.74) is 4.36. The molecule has 128 valence electrons. The predicted octanol–water partition coefficient (Wildman–Crippen LogP) is 4.26. The average molecular weight is 352 g/mol. The van der Waals surface area contributed by atoms with Gasteiger partial charge in [-0.1, -0.05) is 6.92 Å². The van der Waals surface area contributed by atoms with Gasteiger partial charge >= 0.3 is 0 Å². The maximum atomic E-state index is 9.65. The number of phenols is 1. The van der Waals surface area contributed by atoms with Crippen molar-refractivity contribution >= 4 is 17.0 Å². The second kappa shape index (κ2) is 5.81. The first-order chi connectivity index (χ1) is 12.0. The van der Waals surface area contributed by atoms with E-state index < -0.39 is 0 Å². The van der Waals surface area contributed by atoms with E-state index >= 15 is 0 Å². The summed E-state index contributed by atoms with van der Waals surface area (Å²) >= 11 is 1.76. The van der Waals surface area contributed by atoms with Crippen molar-refractivity contribution in [1.82, 2.24) is 14.8 Å². The maximum Gasteiger partial charge on any atom is 0.163 e. The van der Waals surface area contributed by atoms with E-state index in [2.05, 4.69) is 35.5 Å². The zero-order chi connectivity index (χ0) is 17.7. The third kappa shape index (κ3) is 2.40. The highest BCUT2D eigenvalue weighted by Crippen LogP contribution is 2.39. The molecule has 0 radical (unpaired) electrons. The van der Waals surface area contributed by atoms with Crippen LogP contribution in [0.2, 0.25) is 0 Å². The molecule has 0 amide bonds. The molecule has 25 heavy (non-hydrogen) atoms. The van der Waals surface area contributed by atoms with Crippen LogP contribution in [0.5, 0.6) is 5.75 Å². The number of aromatic hydroxyl groups is 1. The van der Waals surface area contributed by atoms with Crippen LogP contribution in [0, 0.1) is 20.8 Å². The van der Waals surface area contributed by atoms with Crippen molar-refractivity contribution in [3.63, 3.8) is 0 Å². The van der Waals surface area contributed by atoms with Crippen LogP contribution in [-0.4, -0.2) is 25.6 Å². The third-order valence-electron chi connectivity index (χ3n) is 4.77. The molecule has 3 heterocycles. The molecular formula is C19H20N4OS. The molecule has 0 spiro atoms. The number of benzene rings is 1. The Balaban J connectivity index is 2.05. The van der Waals surface area contributed by atoms with Gasteiger partial charge in [-0.2, -0.15) is 0 Å². The Bertz CT molecular complexity index is 982. The molecular weight excluding hydrogens is 332 g/mol. The fraction of sp³-hybridized carbons (Fsp3) is 0.316. The smallest absolute Gasteiger partial charge is 0.163 e. The first kappa shape index (κ1) is 16.0. The number of hydrogen-bond acceptors (Lipinski definition) is 5. The Morgan fingerprint density at radius 3 is 2.52 bits per heavy atom. The minimum absolute atomic E-state index is 0.0377. The fourth-order valence-corrected chi connectivity index (χ4v) is 4.49. The lowest BCUT2D eigenvalue weighted by atomic mass is 9.99. The highest BCUT2D eigenvalue weighted by atomic mass is 32.1. The molecule has 3 aromatic rings. The first-order valence-corrected chi connectivity index (χ1v) is 9.22. The van der Waals surface area contributed by atoms with Gasteiger partial charge in [0.15, 0.2) is 5.82 Å². The van der Waals surface area contributed by atoms with Crippen molar-refractivity contribution in [2.75, 3.05) is 0 Å². The number of phenolic OH excluding ortho intramolecular Hbond substituents is 1. The van der Waals surface area contributed by atoms with E-state index in [-0.39, 0.29) is 11.8 Å². The molecule has 1 aliphatic heterocycles. The second-order valence-corrected chi connectivity index (χ2v) is 7.56. The largest absolute Gasteiger partial charge is 0.508 e. The molecule has 1 N–H and O–H groups in total. The van der Waals surface area contributed by atoms with Crippen molar-refractivity contribution in [2.45, 2.75) is 40.2 Å². The minimum Gasteiger partial charge on any atom is -0.508 e. The van der Waals surface area contributed by atoms with E-state index in [4.69, 9.17) is 4.99 Å². The van der Waals surface area contributed by atoms with Crippen LogP contribution in [0.25, 0.3) is 5.00 Å². The van der Waals surface area contributed by atoms with Gasteiger partial charge in [-0.05, 0) is 57.0 Å². The average Bonchev–Trinajstić information content (AvgIpc) is 3.06. The topological polar surface area (TPSA) is 63.3 Å². The van der Waals surface area contributed by atoms with E-state index in [9.17, 15) is 5.11 Å². The second-order valence-electron chi connectivity index (χ2n) is 6.35. The molecule has 0 fully saturated rings. The molecule has 0 saturated heterocycles. The summed E-state index contributed by atoms with van der Waals surface area (Å²) in [6.45, 7) is 8.39. The van der Waals surface area contributed by atoms with Gasteiger partial charge in [0, 0.05) is 16.0 Å². The number of nitrogens with zero attached hydrogens (tertiary/aromatic N) is 4. The van der Waals surface area contributed by atoms with Gasteiger partial charge < -0.3 is 5.11 Å². The van der Waals surface area contributed by atoms with Gasteiger partial charge in [0.2, 0.25) is 0 Å². The Kier molecular flexibility index (Phi) is 3.72. The van der Waals surface area contributed by atoms with E-state index in [0.717, 1.165) is 39.9 Å². The van der Waals surface area contributed by atoms with E-state index in [1.54, 1.807) is 23.5 Å². The quantitative estimate of drug-likeness (QED) is 0.749. The van der Waals surface area contributed by atoms with Crippen LogP contribution < -0.4 is 0 Å². The molecule has 4 rings (SSSR count). The molecule has 1 aliphatic rings. The lowest BCUT2D eigenvalue weighted by Gasteiger charge is -2.10. The van der Waals surface area contributed by atoms with E-state index in [1.165, 1.54) is 10.4 Å². The molecule has 0 saturated carbocycles. The zero-order valence-corrected chi connectivity index (χ0v) is 15.6. The molecule has 0 aliphatic carbocycles. The highest BCUT2D eigenvalue weighted by molar-refractivity contribution is 7.15. The number of aryl methyl sites for hydroxylation is 2. The van der Waals surface area contributed by atoms with Crippen molar-refractivity contribution in [2.24, 2.45) is 4.99 Å². The maximum absolute atomic E-state index is 9.65. The number of aliphatic imine (C=N–C) groups is 1. The van der Waals surface area contributed by atoms with Gasteiger partial charge in [-0.3, -0.25) is 9.56 Å². The number of thiophene rings is 1. The Morgan fingerprint density at radius 1 is 1.12 bits per heavy atom. The summed E-state index contributed by atoms with van der Waals surface area (Å²) in [6.07, 6.45) is 0.854. The summed E-state index contributed by atoms with van der Waals surface area (Å²) in [5.74, 6) is 2.05. The van der Waals surface area contributed by atoms with Crippen molar-refractivity contribution in [3.8, 4) is 10.8 Å². The monoisotopic (exact) mass is 352 g/mol. The summed E-state index contributed by atoms with van der Waals surface area (Å²) < 4.78 is 2.16. The van der Waals surface area contributed by atoms with Crippen LogP contribution in [0.15, 0.2) is 29.3 Å². The van der Waals surface area contributed by atoms with Gasteiger partial charge in [0.1, 0.15) is 22.6 Å².